The van der Waals surface area contributed by atoms with E-state index >= 15 is 0 Å². The number of benzene rings is 1. The number of hydrogen-bond donors (Lipinski definition) is 1. The molecule has 0 aromatic heterocycles. The maximum atomic E-state index is 10.5. The summed E-state index contributed by atoms with van der Waals surface area (Å²) in [6.07, 6.45) is 9.70. The molecule has 0 saturated heterocycles. The minimum Gasteiger partial charge on any atom is -0.282 e. The van der Waals surface area contributed by atoms with Gasteiger partial charge in [-0.15, -0.1) is 9.24 Å². The third kappa shape index (κ3) is 12.8. The van der Waals surface area contributed by atoms with Gasteiger partial charge in [-0.2, -0.15) is 8.42 Å². The average Bonchev–Trinajstić information content (AvgIpc) is 2.57. The topological polar surface area (TPSA) is 54.4 Å². The fourth-order valence-electron chi connectivity index (χ4n) is 3.88. The molecule has 29 heavy (non-hydrogen) atoms. The molecular formula is C24H45O3PS. The molecule has 0 amide bonds. The largest absolute Gasteiger partial charge is 0.294 e. The Bertz CT molecular complexity index is 641. The van der Waals surface area contributed by atoms with Crippen LogP contribution in [0.2, 0.25) is 0 Å². The molecule has 0 aliphatic carbocycles. The Morgan fingerprint density at radius 2 is 1.41 bits per heavy atom. The van der Waals surface area contributed by atoms with Crippen molar-refractivity contribution in [3.05, 3.63) is 29.8 Å². The molecule has 170 valence electrons. The highest BCUT2D eigenvalue weighted by molar-refractivity contribution is 7.85. The highest BCUT2D eigenvalue weighted by Crippen LogP contribution is 2.42. The van der Waals surface area contributed by atoms with Crippen LogP contribution in [0, 0.1) is 24.7 Å². The second-order valence-electron chi connectivity index (χ2n) is 9.47. The molecule has 1 aromatic carbocycles. The highest BCUT2D eigenvalue weighted by atomic mass is 32.2. The zero-order chi connectivity index (χ0) is 22.7. The molecule has 0 saturated carbocycles. The molecule has 0 aliphatic heterocycles. The fraction of sp³-hybridized carbons (Fsp3) is 0.750. The van der Waals surface area contributed by atoms with Crippen molar-refractivity contribution >= 4 is 19.4 Å². The van der Waals surface area contributed by atoms with E-state index in [9.17, 15) is 8.42 Å². The second-order valence-corrected chi connectivity index (χ2v) is 12.0. The predicted molar refractivity (Wildman–Crippen MR) is 130 cm³/mol. The van der Waals surface area contributed by atoms with E-state index in [1.165, 1.54) is 57.1 Å². The Hall–Kier alpha value is -0.440. The van der Waals surface area contributed by atoms with Gasteiger partial charge in [-0.1, -0.05) is 84.9 Å². The Morgan fingerprint density at radius 3 is 1.79 bits per heavy atom. The van der Waals surface area contributed by atoms with Crippen molar-refractivity contribution < 1.29 is 13.0 Å². The van der Waals surface area contributed by atoms with Crippen molar-refractivity contribution in [3.8, 4) is 0 Å². The van der Waals surface area contributed by atoms with Crippen LogP contribution in [-0.2, 0) is 10.1 Å². The van der Waals surface area contributed by atoms with Crippen molar-refractivity contribution in [3.63, 3.8) is 0 Å². The lowest BCUT2D eigenvalue weighted by Gasteiger charge is -2.39. The predicted octanol–water partition coefficient (Wildman–Crippen LogP) is 7.54. The van der Waals surface area contributed by atoms with Gasteiger partial charge in [-0.05, 0) is 61.2 Å². The van der Waals surface area contributed by atoms with Gasteiger partial charge in [0.15, 0.2) is 0 Å². The third-order valence-corrected chi connectivity index (χ3v) is 7.28. The normalized spacial score (nSPS) is 13.3. The Kier molecular flexibility index (Phi) is 13.6. The van der Waals surface area contributed by atoms with Crippen molar-refractivity contribution in [2.75, 3.05) is 0 Å². The summed E-state index contributed by atoms with van der Waals surface area (Å²) >= 11 is 0. The monoisotopic (exact) mass is 444 g/mol. The van der Waals surface area contributed by atoms with Crippen molar-refractivity contribution in [2.24, 2.45) is 17.8 Å². The summed E-state index contributed by atoms with van der Waals surface area (Å²) in [6.45, 7) is 16.1. The van der Waals surface area contributed by atoms with E-state index in [1.54, 1.807) is 12.1 Å². The van der Waals surface area contributed by atoms with Gasteiger partial charge in [0, 0.05) is 0 Å². The van der Waals surface area contributed by atoms with E-state index in [0.29, 0.717) is 5.16 Å². The Balaban J connectivity index is 0.000000604. The summed E-state index contributed by atoms with van der Waals surface area (Å²) in [5, 5.41) is 0.467. The summed E-state index contributed by atoms with van der Waals surface area (Å²) in [5.74, 6) is 2.45. The zero-order valence-electron chi connectivity index (χ0n) is 19.7. The lowest BCUT2D eigenvalue weighted by atomic mass is 9.77. The van der Waals surface area contributed by atoms with E-state index < -0.39 is 10.1 Å². The van der Waals surface area contributed by atoms with Crippen molar-refractivity contribution in [1.82, 2.24) is 0 Å². The van der Waals surface area contributed by atoms with Crippen LogP contribution < -0.4 is 0 Å². The van der Waals surface area contributed by atoms with Gasteiger partial charge >= 0.3 is 0 Å². The summed E-state index contributed by atoms with van der Waals surface area (Å²) in [5.41, 5.74) is 0.956. The molecule has 1 rings (SSSR count). The first kappa shape index (κ1) is 28.6. The summed E-state index contributed by atoms with van der Waals surface area (Å²) in [6, 6.07) is 5.99. The first-order chi connectivity index (χ1) is 13.3. The van der Waals surface area contributed by atoms with Gasteiger partial charge in [0.2, 0.25) is 0 Å². The lowest BCUT2D eigenvalue weighted by molar-refractivity contribution is 0.274. The van der Waals surface area contributed by atoms with Crippen molar-refractivity contribution in [1.29, 1.82) is 0 Å². The number of hydrogen-bond acceptors (Lipinski definition) is 2. The number of unbranched alkanes of at least 4 members (excludes halogenated alkanes) is 3. The van der Waals surface area contributed by atoms with Crippen LogP contribution in [0.3, 0.4) is 0 Å². The quantitative estimate of drug-likeness (QED) is 0.218. The van der Waals surface area contributed by atoms with Crippen LogP contribution in [0.1, 0.15) is 92.1 Å². The molecule has 0 fully saturated rings. The number of aryl methyl sites for hydroxylation is 1. The first-order valence-electron chi connectivity index (χ1n) is 11.1. The third-order valence-electron chi connectivity index (χ3n) is 5.37. The maximum Gasteiger partial charge on any atom is 0.294 e. The second kappa shape index (κ2) is 13.8. The van der Waals surface area contributed by atoms with Gasteiger partial charge in [-0.25, -0.2) is 0 Å². The van der Waals surface area contributed by atoms with Gasteiger partial charge in [0.05, 0.1) is 4.90 Å². The highest BCUT2D eigenvalue weighted by Gasteiger charge is 2.32. The first-order valence-corrected chi connectivity index (χ1v) is 13.2. The van der Waals surface area contributed by atoms with Crippen LogP contribution in [0.15, 0.2) is 29.2 Å². The molecule has 5 heteroatoms. The average molecular weight is 445 g/mol. The minimum absolute atomic E-state index is 0.0666. The number of rotatable bonds is 11. The summed E-state index contributed by atoms with van der Waals surface area (Å²) in [7, 11) is -0.777. The SMILES string of the molecule is CCCCCCC(C)C(P)(CC(C)C)CC(C)C.Cc1ccc(S(=O)(=O)O)cc1. The fourth-order valence-corrected chi connectivity index (χ4v) is 5.47. The molecule has 0 aliphatic rings. The standard InChI is InChI=1S/C17H37P.C7H8O3S/c1-7-8-9-10-11-16(6)17(18,12-14(2)3)13-15(4)5;1-6-2-4-7(5-3-6)11(8,9)10/h14-16H,7-13,18H2,1-6H3;2-5H,1H3,(H,8,9,10). The molecule has 0 spiro atoms. The van der Waals surface area contributed by atoms with Gasteiger partial charge in [-0.3, -0.25) is 4.55 Å². The van der Waals surface area contributed by atoms with Gasteiger partial charge in [0.1, 0.15) is 0 Å². The molecule has 0 radical (unpaired) electrons. The molecular weight excluding hydrogens is 399 g/mol. The van der Waals surface area contributed by atoms with E-state index in [2.05, 4.69) is 50.8 Å². The minimum atomic E-state index is -4.02. The smallest absolute Gasteiger partial charge is 0.282 e. The van der Waals surface area contributed by atoms with Crippen LogP contribution in [0.4, 0.5) is 0 Å². The molecule has 0 heterocycles. The summed E-state index contributed by atoms with van der Waals surface area (Å²) in [4.78, 5) is -0.0666. The van der Waals surface area contributed by atoms with Gasteiger partial charge < -0.3 is 0 Å². The molecule has 0 bridgehead atoms. The molecule has 1 N–H and O–H groups in total. The molecule has 1 aromatic rings. The molecule has 2 unspecified atom stereocenters. The van der Waals surface area contributed by atoms with Crippen LogP contribution in [0.5, 0.6) is 0 Å². The van der Waals surface area contributed by atoms with Crippen LogP contribution in [0.25, 0.3) is 0 Å². The van der Waals surface area contributed by atoms with E-state index in [0.717, 1.165) is 23.3 Å². The van der Waals surface area contributed by atoms with Gasteiger partial charge in [0.25, 0.3) is 10.1 Å². The van der Waals surface area contributed by atoms with E-state index in [-0.39, 0.29) is 4.90 Å². The van der Waals surface area contributed by atoms with Crippen LogP contribution >= 0.6 is 9.24 Å². The van der Waals surface area contributed by atoms with Crippen LogP contribution in [-0.4, -0.2) is 18.1 Å². The lowest BCUT2D eigenvalue weighted by Crippen LogP contribution is -2.33. The maximum absolute atomic E-state index is 10.5. The Morgan fingerprint density at radius 1 is 0.931 bits per heavy atom. The van der Waals surface area contributed by atoms with Crippen molar-refractivity contribution in [2.45, 2.75) is 103 Å². The zero-order valence-corrected chi connectivity index (χ0v) is 21.7. The summed E-state index contributed by atoms with van der Waals surface area (Å²) < 4.78 is 29.6. The van der Waals surface area contributed by atoms with E-state index in [1.807, 2.05) is 6.92 Å². The van der Waals surface area contributed by atoms with E-state index in [4.69, 9.17) is 4.55 Å². The molecule has 3 nitrogen and oxygen atoms in total. The Labute approximate surface area is 183 Å². The molecule has 2 atom stereocenters.